The second-order valence-corrected chi connectivity index (χ2v) is 6.70. The molecule has 2 heterocycles. The average Bonchev–Trinajstić information content (AvgIpc) is 3.05. The van der Waals surface area contributed by atoms with Crippen molar-refractivity contribution >= 4 is 54.1 Å². The van der Waals surface area contributed by atoms with Gasteiger partial charge in [0.15, 0.2) is 5.82 Å². The lowest BCUT2D eigenvalue weighted by Crippen LogP contribution is -2.23. The topological polar surface area (TPSA) is 88.9 Å². The van der Waals surface area contributed by atoms with Crippen LogP contribution in [0.4, 0.5) is 5.69 Å². The zero-order valence-electron chi connectivity index (χ0n) is 15.0. The van der Waals surface area contributed by atoms with E-state index in [1.807, 2.05) is 0 Å². The summed E-state index contributed by atoms with van der Waals surface area (Å²) in [5.41, 5.74) is 1.40. The Morgan fingerprint density at radius 1 is 1.18 bits per heavy atom. The van der Waals surface area contributed by atoms with Gasteiger partial charge in [-0.15, -0.1) is 0 Å². The molecule has 2 N–H and O–H groups in total. The Bertz CT molecular complexity index is 1080. The van der Waals surface area contributed by atoms with E-state index in [2.05, 4.69) is 20.7 Å². The second-order valence-electron chi connectivity index (χ2n) is 5.85. The summed E-state index contributed by atoms with van der Waals surface area (Å²) in [6, 6.07) is 7.79. The first-order valence-corrected chi connectivity index (χ1v) is 8.87. The summed E-state index contributed by atoms with van der Waals surface area (Å²) in [6.07, 6.45) is 1.52. The molecule has 0 saturated heterocycles. The highest BCUT2D eigenvalue weighted by Crippen LogP contribution is 2.26. The van der Waals surface area contributed by atoms with Crippen LogP contribution in [0.25, 0.3) is 5.82 Å². The molecule has 0 unspecified atom stereocenters. The monoisotopic (exact) mass is 413 g/mol. The minimum Gasteiger partial charge on any atom is -0.355 e. The third-order valence-electron chi connectivity index (χ3n) is 3.91. The van der Waals surface area contributed by atoms with Gasteiger partial charge in [-0.1, -0.05) is 23.2 Å². The van der Waals surface area contributed by atoms with Crippen molar-refractivity contribution < 1.29 is 9.59 Å². The maximum atomic E-state index is 13.0. The zero-order valence-corrected chi connectivity index (χ0v) is 16.5. The molecule has 3 rings (SSSR count). The Morgan fingerprint density at radius 2 is 1.93 bits per heavy atom. The number of anilines is 1. The standard InChI is InChI=1S/C18H14BCl2N5O2/c1-9-6-10(20)7-11(17(27)22-2)15(9)24-18(28)13-8-14(19)25-26(13)16-12(21)4-3-5-23-16/h3-8H,1-2H3,(H,22,27)(H,24,28). The van der Waals surface area contributed by atoms with Crippen LogP contribution >= 0.6 is 23.2 Å². The van der Waals surface area contributed by atoms with Gasteiger partial charge >= 0.3 is 0 Å². The number of nitrogens with one attached hydrogen (secondary N) is 2. The number of hydrogen-bond acceptors (Lipinski definition) is 4. The number of nitrogens with zero attached hydrogens (tertiary/aromatic N) is 3. The third-order valence-corrected chi connectivity index (χ3v) is 4.42. The van der Waals surface area contributed by atoms with Crippen LogP contribution in [0.1, 0.15) is 26.4 Å². The molecule has 0 bridgehead atoms. The van der Waals surface area contributed by atoms with Crippen LogP contribution in [0.15, 0.2) is 36.5 Å². The molecular weight excluding hydrogens is 400 g/mol. The van der Waals surface area contributed by atoms with E-state index in [4.69, 9.17) is 31.0 Å². The second kappa shape index (κ2) is 8.04. The van der Waals surface area contributed by atoms with Crippen LogP contribution in [0.2, 0.25) is 10.0 Å². The van der Waals surface area contributed by atoms with Gasteiger partial charge in [-0.05, 0) is 42.8 Å². The van der Waals surface area contributed by atoms with Crippen LogP contribution in [-0.2, 0) is 0 Å². The average molecular weight is 414 g/mol. The molecule has 3 aromatic rings. The summed E-state index contributed by atoms with van der Waals surface area (Å²) in [6.45, 7) is 1.73. The first-order valence-electron chi connectivity index (χ1n) is 8.11. The number of pyridine rings is 1. The van der Waals surface area contributed by atoms with Gasteiger partial charge < -0.3 is 10.6 Å². The fraction of sp³-hybridized carbons (Fsp3) is 0.111. The van der Waals surface area contributed by atoms with Gasteiger partial charge in [-0.25, -0.2) is 9.67 Å². The molecule has 2 aromatic heterocycles. The minimum atomic E-state index is -0.540. The van der Waals surface area contributed by atoms with Gasteiger partial charge in [0.25, 0.3) is 11.8 Å². The lowest BCUT2D eigenvalue weighted by Gasteiger charge is -2.14. The van der Waals surface area contributed by atoms with Crippen LogP contribution in [-0.4, -0.2) is 41.5 Å². The van der Waals surface area contributed by atoms with E-state index in [1.54, 1.807) is 25.1 Å². The number of rotatable bonds is 4. The number of aryl methyl sites for hydroxylation is 1. The van der Waals surface area contributed by atoms with Crippen LogP contribution in [0, 0.1) is 6.92 Å². The van der Waals surface area contributed by atoms with E-state index < -0.39 is 5.91 Å². The number of carbonyl (C=O) groups excluding carboxylic acids is 2. The molecule has 0 aliphatic carbocycles. The number of carbonyl (C=O) groups is 2. The highest BCUT2D eigenvalue weighted by atomic mass is 35.5. The van der Waals surface area contributed by atoms with E-state index in [1.165, 1.54) is 30.1 Å². The lowest BCUT2D eigenvalue weighted by atomic mass is 10.0. The van der Waals surface area contributed by atoms with Crippen molar-refractivity contribution in [3.8, 4) is 5.82 Å². The smallest absolute Gasteiger partial charge is 0.274 e. The van der Waals surface area contributed by atoms with E-state index in [9.17, 15) is 9.59 Å². The summed E-state index contributed by atoms with van der Waals surface area (Å²) >= 11 is 12.2. The molecule has 140 valence electrons. The molecule has 2 radical (unpaired) electrons. The fourth-order valence-corrected chi connectivity index (χ4v) is 3.13. The van der Waals surface area contributed by atoms with Gasteiger partial charge in [0.05, 0.1) is 16.3 Å². The quantitative estimate of drug-likeness (QED) is 0.642. The summed E-state index contributed by atoms with van der Waals surface area (Å²) < 4.78 is 1.25. The maximum Gasteiger partial charge on any atom is 0.274 e. The largest absolute Gasteiger partial charge is 0.355 e. The van der Waals surface area contributed by atoms with Crippen molar-refractivity contribution in [2.24, 2.45) is 0 Å². The number of halogens is 2. The van der Waals surface area contributed by atoms with Crippen LogP contribution < -0.4 is 16.2 Å². The predicted molar refractivity (Wildman–Crippen MR) is 109 cm³/mol. The number of aromatic nitrogens is 3. The highest BCUT2D eigenvalue weighted by Gasteiger charge is 2.21. The molecule has 28 heavy (non-hydrogen) atoms. The Labute approximate surface area is 172 Å². The molecule has 10 heteroatoms. The first kappa shape index (κ1) is 19.9. The van der Waals surface area contributed by atoms with Gasteiger partial charge in [0.1, 0.15) is 13.5 Å². The number of benzene rings is 1. The number of hydrogen-bond donors (Lipinski definition) is 2. The highest BCUT2D eigenvalue weighted by molar-refractivity contribution is 6.33. The summed E-state index contributed by atoms with van der Waals surface area (Å²) in [5.74, 6) is -0.673. The molecule has 0 aliphatic heterocycles. The van der Waals surface area contributed by atoms with Gasteiger partial charge in [-0.3, -0.25) is 9.59 Å². The first-order chi connectivity index (χ1) is 13.3. The van der Waals surface area contributed by atoms with Crippen molar-refractivity contribution in [2.75, 3.05) is 12.4 Å². The lowest BCUT2D eigenvalue weighted by molar-refractivity contribution is 0.0964. The van der Waals surface area contributed by atoms with Gasteiger partial charge in [0.2, 0.25) is 0 Å². The van der Waals surface area contributed by atoms with Gasteiger partial charge in [0, 0.05) is 23.9 Å². The molecule has 7 nitrogen and oxygen atoms in total. The Balaban J connectivity index is 2.05. The molecule has 1 aromatic carbocycles. The summed E-state index contributed by atoms with van der Waals surface area (Å²) in [7, 11) is 7.27. The van der Waals surface area contributed by atoms with E-state index >= 15 is 0 Å². The van der Waals surface area contributed by atoms with Crippen LogP contribution in [0.5, 0.6) is 0 Å². The molecule has 0 atom stereocenters. The molecule has 0 saturated carbocycles. The summed E-state index contributed by atoms with van der Waals surface area (Å²) in [5, 5.41) is 10.0. The molecule has 2 amide bonds. The Hall–Kier alpha value is -2.84. The normalized spacial score (nSPS) is 10.6. The maximum absolute atomic E-state index is 13.0. The zero-order chi connectivity index (χ0) is 20.4. The SMILES string of the molecule is [B]c1cc(C(=O)Nc2c(C)cc(Cl)cc2C(=O)NC)n(-c2ncccc2Cl)n1. The van der Waals surface area contributed by atoms with E-state index in [-0.39, 0.29) is 28.6 Å². The van der Waals surface area contributed by atoms with Crippen LogP contribution in [0.3, 0.4) is 0 Å². The molecule has 0 fully saturated rings. The van der Waals surface area contributed by atoms with Crippen molar-refractivity contribution in [1.82, 2.24) is 20.1 Å². The molecule has 0 aliphatic rings. The van der Waals surface area contributed by atoms with Crippen molar-refractivity contribution in [1.29, 1.82) is 0 Å². The van der Waals surface area contributed by atoms with E-state index in [0.29, 0.717) is 21.3 Å². The van der Waals surface area contributed by atoms with Gasteiger partial charge in [-0.2, -0.15) is 5.10 Å². The third kappa shape index (κ3) is 3.88. The minimum absolute atomic E-state index is 0.107. The Kier molecular flexibility index (Phi) is 5.72. The molecular formula is C18H14BCl2N5O2. The number of amides is 2. The van der Waals surface area contributed by atoms with Crippen molar-refractivity contribution in [3.63, 3.8) is 0 Å². The van der Waals surface area contributed by atoms with Crippen molar-refractivity contribution in [2.45, 2.75) is 6.92 Å². The molecule has 0 spiro atoms. The van der Waals surface area contributed by atoms with E-state index in [0.717, 1.165) is 0 Å². The summed E-state index contributed by atoms with van der Waals surface area (Å²) in [4.78, 5) is 29.3. The predicted octanol–water partition coefficient (Wildman–Crippen LogP) is 2.29. The van der Waals surface area contributed by atoms with Crippen molar-refractivity contribution in [3.05, 3.63) is 63.4 Å². The Morgan fingerprint density at radius 3 is 2.61 bits per heavy atom. The fourth-order valence-electron chi connectivity index (χ4n) is 2.66.